The van der Waals surface area contributed by atoms with Crippen molar-refractivity contribution in [2.45, 2.75) is 77.6 Å². The van der Waals surface area contributed by atoms with Gasteiger partial charge in [-0.2, -0.15) is 0 Å². The maximum Gasteiger partial charge on any atom is 0.419 e. The van der Waals surface area contributed by atoms with E-state index in [9.17, 15) is 14.4 Å². The van der Waals surface area contributed by atoms with E-state index >= 15 is 0 Å². The van der Waals surface area contributed by atoms with E-state index in [2.05, 4.69) is 0 Å². The van der Waals surface area contributed by atoms with Gasteiger partial charge in [0.15, 0.2) is 0 Å². The number of ether oxygens (including phenoxy) is 2. The molecule has 0 unspecified atom stereocenters. The van der Waals surface area contributed by atoms with Gasteiger partial charge in [-0.3, -0.25) is 9.59 Å². The number of methoxy groups -OCH3 is 1. The summed E-state index contributed by atoms with van der Waals surface area (Å²) in [5.41, 5.74) is 2.53. The fraction of sp³-hybridized carbons (Fsp3) is 0.519. The number of amides is 2. The molecule has 186 valence electrons. The van der Waals surface area contributed by atoms with E-state index < -0.39 is 29.8 Å². The Morgan fingerprint density at radius 3 is 2.51 bits per heavy atom. The first kappa shape index (κ1) is 23.5. The quantitative estimate of drug-likeness (QED) is 0.603. The van der Waals surface area contributed by atoms with E-state index in [1.54, 1.807) is 21.5 Å². The van der Waals surface area contributed by atoms with Crippen LogP contribution in [0.15, 0.2) is 29.8 Å². The smallest absolute Gasteiger partial charge is 0.419 e. The molecule has 2 amide bonds. The number of piperazine rings is 1. The van der Waals surface area contributed by atoms with E-state index in [4.69, 9.17) is 9.47 Å². The van der Waals surface area contributed by atoms with E-state index in [-0.39, 0.29) is 11.8 Å². The summed E-state index contributed by atoms with van der Waals surface area (Å²) in [4.78, 5) is 44.5. The first-order valence-corrected chi connectivity index (χ1v) is 12.2. The van der Waals surface area contributed by atoms with Crippen LogP contribution in [0.1, 0.15) is 64.8 Å². The Morgan fingerprint density at radius 1 is 1.11 bits per heavy atom. The van der Waals surface area contributed by atoms with Gasteiger partial charge in [0.2, 0.25) is 11.8 Å². The number of nitrogens with zero attached hydrogens (tertiary/aromatic N) is 3. The molecule has 0 aliphatic carbocycles. The molecular weight excluding hydrogens is 446 g/mol. The minimum atomic E-state index is -0.704. The Hall–Kier alpha value is -3.29. The third kappa shape index (κ3) is 3.70. The molecule has 3 atom stereocenters. The van der Waals surface area contributed by atoms with Gasteiger partial charge >= 0.3 is 6.09 Å². The maximum absolute atomic E-state index is 13.8. The molecule has 2 fully saturated rings. The molecular formula is C27H33N3O5. The van der Waals surface area contributed by atoms with Crippen molar-refractivity contribution in [2.75, 3.05) is 13.7 Å². The van der Waals surface area contributed by atoms with Crippen molar-refractivity contribution in [1.82, 2.24) is 14.4 Å². The first-order chi connectivity index (χ1) is 16.5. The number of allylic oxidation sites excluding steroid dienone is 1. The van der Waals surface area contributed by atoms with Crippen LogP contribution in [-0.4, -0.2) is 63.6 Å². The summed E-state index contributed by atoms with van der Waals surface area (Å²) in [6.07, 6.45) is 3.33. The number of rotatable bonds is 2. The first-order valence-electron chi connectivity index (χ1n) is 12.2. The third-order valence-corrected chi connectivity index (χ3v) is 7.06. The van der Waals surface area contributed by atoms with Gasteiger partial charge in [-0.15, -0.1) is 0 Å². The highest BCUT2D eigenvalue weighted by atomic mass is 16.6. The Morgan fingerprint density at radius 2 is 1.86 bits per heavy atom. The third-order valence-electron chi connectivity index (χ3n) is 7.06. The molecule has 1 aromatic heterocycles. The normalized spacial score (nSPS) is 23.7. The van der Waals surface area contributed by atoms with Crippen molar-refractivity contribution in [3.63, 3.8) is 0 Å². The summed E-state index contributed by atoms with van der Waals surface area (Å²) in [6, 6.07) is 4.03. The van der Waals surface area contributed by atoms with Gasteiger partial charge in [-0.25, -0.2) is 9.36 Å². The standard InChI is InChI=1S/C27H33N3O5/c1-15(2)12-21-23-18(14-22-24(31)28-11-7-8-19(28)25(32)29(21)22)17-10-9-16(34-6)13-20(17)30(23)26(33)35-27(3,4)5/h9-10,12-13,19,21-22H,7-8,11,14H2,1-6H3/t19-,21-,22-/m0/s1. The zero-order chi connectivity index (χ0) is 25.2. The van der Waals surface area contributed by atoms with Crippen LogP contribution >= 0.6 is 0 Å². The number of fused-ring (bicyclic) bond motifs is 5. The van der Waals surface area contributed by atoms with Gasteiger partial charge in [0, 0.05) is 24.4 Å². The predicted octanol–water partition coefficient (Wildman–Crippen LogP) is 4.20. The minimum absolute atomic E-state index is 0.00316. The van der Waals surface area contributed by atoms with Gasteiger partial charge in [-0.1, -0.05) is 11.6 Å². The molecule has 0 N–H and O–H groups in total. The monoisotopic (exact) mass is 479 g/mol. The zero-order valence-corrected chi connectivity index (χ0v) is 21.3. The van der Waals surface area contributed by atoms with Crippen LogP contribution in [0, 0.1) is 0 Å². The van der Waals surface area contributed by atoms with E-state index in [1.807, 2.05) is 58.9 Å². The van der Waals surface area contributed by atoms with Gasteiger partial charge in [0.25, 0.3) is 0 Å². The second-order valence-corrected chi connectivity index (χ2v) is 10.9. The average molecular weight is 480 g/mol. The van der Waals surface area contributed by atoms with Crippen molar-refractivity contribution in [3.05, 3.63) is 41.1 Å². The highest BCUT2D eigenvalue weighted by molar-refractivity contribution is 6.01. The second-order valence-electron chi connectivity index (χ2n) is 10.9. The molecule has 3 aliphatic heterocycles. The predicted molar refractivity (Wildman–Crippen MR) is 131 cm³/mol. The van der Waals surface area contributed by atoms with Crippen LogP contribution in [0.2, 0.25) is 0 Å². The average Bonchev–Trinajstić information content (AvgIpc) is 3.38. The second kappa shape index (κ2) is 8.14. The SMILES string of the molecule is COc1ccc2c3c(n(C(=O)OC(C)(C)C)c2c1)[C@H](C=C(C)C)N1C(=O)[C@@H]2CCCN2C(=O)[C@@H]1C3. The molecule has 0 bridgehead atoms. The summed E-state index contributed by atoms with van der Waals surface area (Å²) >= 11 is 0. The summed E-state index contributed by atoms with van der Waals surface area (Å²) in [7, 11) is 1.58. The zero-order valence-electron chi connectivity index (χ0n) is 21.3. The number of benzene rings is 1. The molecule has 8 nitrogen and oxygen atoms in total. The molecule has 2 saturated heterocycles. The Balaban J connectivity index is 1.78. The van der Waals surface area contributed by atoms with Crippen molar-refractivity contribution in [2.24, 2.45) is 0 Å². The Labute approximate surface area is 205 Å². The topological polar surface area (TPSA) is 81.1 Å². The number of aromatic nitrogens is 1. The largest absolute Gasteiger partial charge is 0.497 e. The van der Waals surface area contributed by atoms with Crippen LogP contribution in [0.3, 0.4) is 0 Å². The van der Waals surface area contributed by atoms with Crippen molar-refractivity contribution in [1.29, 1.82) is 0 Å². The van der Waals surface area contributed by atoms with Crippen LogP contribution in [0.25, 0.3) is 10.9 Å². The van der Waals surface area contributed by atoms with E-state index in [0.717, 1.165) is 22.9 Å². The van der Waals surface area contributed by atoms with Crippen LogP contribution in [0.4, 0.5) is 4.79 Å². The van der Waals surface area contributed by atoms with Crippen molar-refractivity contribution >= 4 is 28.8 Å². The molecule has 5 rings (SSSR count). The van der Waals surface area contributed by atoms with Gasteiger partial charge in [-0.05, 0) is 65.2 Å². The minimum Gasteiger partial charge on any atom is -0.497 e. The summed E-state index contributed by atoms with van der Waals surface area (Å²) in [6.45, 7) is 10.0. The summed E-state index contributed by atoms with van der Waals surface area (Å²) in [5.74, 6) is 0.567. The molecule has 4 heterocycles. The molecule has 3 aliphatic rings. The Bertz CT molecular complexity index is 1260. The molecule has 1 aromatic carbocycles. The Kier molecular flexibility index (Phi) is 5.45. The van der Waals surface area contributed by atoms with Crippen LogP contribution in [-0.2, 0) is 20.7 Å². The molecule has 2 aromatic rings. The molecule has 0 spiro atoms. The summed E-state index contributed by atoms with van der Waals surface area (Å²) in [5, 5.41) is 0.863. The molecule has 0 saturated carbocycles. The van der Waals surface area contributed by atoms with Crippen molar-refractivity contribution < 1.29 is 23.9 Å². The molecule has 0 radical (unpaired) electrons. The van der Waals surface area contributed by atoms with E-state index in [0.29, 0.717) is 36.3 Å². The van der Waals surface area contributed by atoms with Crippen LogP contribution in [0.5, 0.6) is 5.75 Å². The molecule has 8 heteroatoms. The van der Waals surface area contributed by atoms with E-state index in [1.165, 1.54) is 0 Å². The van der Waals surface area contributed by atoms with Gasteiger partial charge in [0.1, 0.15) is 23.4 Å². The summed E-state index contributed by atoms with van der Waals surface area (Å²) < 4.78 is 12.9. The van der Waals surface area contributed by atoms with Crippen LogP contribution < -0.4 is 4.74 Å². The fourth-order valence-corrected chi connectivity index (χ4v) is 5.75. The lowest BCUT2D eigenvalue weighted by molar-refractivity contribution is -0.162. The lowest BCUT2D eigenvalue weighted by atomic mass is 9.87. The fourth-order valence-electron chi connectivity index (χ4n) is 5.75. The van der Waals surface area contributed by atoms with Gasteiger partial charge in [0.05, 0.1) is 24.4 Å². The highest BCUT2D eigenvalue weighted by Crippen LogP contribution is 2.45. The van der Waals surface area contributed by atoms with Crippen molar-refractivity contribution in [3.8, 4) is 5.75 Å². The lowest BCUT2D eigenvalue weighted by Gasteiger charge is -2.48. The maximum atomic E-state index is 13.8. The number of hydrogen-bond donors (Lipinski definition) is 0. The molecule has 35 heavy (non-hydrogen) atoms. The van der Waals surface area contributed by atoms with Gasteiger partial charge < -0.3 is 19.3 Å². The number of hydrogen-bond acceptors (Lipinski definition) is 5. The highest BCUT2D eigenvalue weighted by Gasteiger charge is 2.53. The lowest BCUT2D eigenvalue weighted by Crippen LogP contribution is -2.65. The number of carbonyl (C=O) groups is 3. The number of carbonyl (C=O) groups excluding carboxylic acids is 3.